The van der Waals surface area contributed by atoms with E-state index in [1.807, 2.05) is 18.2 Å². The number of rotatable bonds is 6. The fourth-order valence-electron chi connectivity index (χ4n) is 2.41. The number of phenolic OH excluding ortho intramolecular Hbond substituents is 1. The van der Waals surface area contributed by atoms with Crippen molar-refractivity contribution in [2.24, 2.45) is 0 Å². The van der Waals surface area contributed by atoms with Gasteiger partial charge in [-0.05, 0) is 24.3 Å². The van der Waals surface area contributed by atoms with Crippen LogP contribution >= 0.6 is 0 Å². The molecule has 0 saturated heterocycles. The maximum atomic E-state index is 12.3. The molecular formula is C19H18ClN3O4S. The molecule has 0 radical (unpaired) electrons. The molecule has 1 amide bonds. The standard InChI is InChI=1S/C19H17N3O4S.ClH/c23-18-13-15(20-19(24)14-22-11-5-2-6-12-22)9-10-17(18)21-27(25,26)16-7-3-1-4-8-16;/h1-13,21H,14H2,(H-,20,23,24);1H. The van der Waals surface area contributed by atoms with Crippen LogP contribution in [0, 0.1) is 0 Å². The summed E-state index contributed by atoms with van der Waals surface area (Å²) in [4.78, 5) is 12.2. The number of carbonyl (C=O) groups is 1. The highest BCUT2D eigenvalue weighted by Gasteiger charge is 2.16. The van der Waals surface area contributed by atoms with E-state index < -0.39 is 10.0 Å². The van der Waals surface area contributed by atoms with Crippen LogP contribution < -0.4 is 27.0 Å². The molecule has 0 aliphatic carbocycles. The number of amides is 1. The van der Waals surface area contributed by atoms with Gasteiger partial charge in [0.25, 0.3) is 15.9 Å². The van der Waals surface area contributed by atoms with E-state index in [1.165, 1.54) is 30.3 Å². The zero-order valence-corrected chi connectivity index (χ0v) is 16.2. The first kappa shape index (κ1) is 21.2. The number of anilines is 2. The zero-order valence-electron chi connectivity index (χ0n) is 14.6. The number of pyridine rings is 1. The van der Waals surface area contributed by atoms with E-state index in [9.17, 15) is 18.3 Å². The van der Waals surface area contributed by atoms with Crippen molar-refractivity contribution in [3.63, 3.8) is 0 Å². The van der Waals surface area contributed by atoms with Gasteiger partial charge in [-0.25, -0.2) is 8.42 Å². The number of hydrogen-bond acceptors (Lipinski definition) is 4. The molecule has 146 valence electrons. The van der Waals surface area contributed by atoms with Gasteiger partial charge in [-0.2, -0.15) is 4.57 Å². The van der Waals surface area contributed by atoms with Crippen LogP contribution in [0.25, 0.3) is 0 Å². The molecule has 0 fully saturated rings. The molecular weight excluding hydrogens is 402 g/mol. The maximum absolute atomic E-state index is 12.3. The number of nitrogens with one attached hydrogen (secondary N) is 2. The fraction of sp³-hybridized carbons (Fsp3) is 0.0526. The SMILES string of the molecule is O=C(C[n+]1ccccc1)Nc1ccc(NS(=O)(=O)c2ccccc2)c(O)c1.[Cl-]. The first-order valence-corrected chi connectivity index (χ1v) is 9.57. The first-order chi connectivity index (χ1) is 12.9. The third-order valence-electron chi connectivity index (χ3n) is 3.68. The van der Waals surface area contributed by atoms with Gasteiger partial charge < -0.3 is 22.8 Å². The van der Waals surface area contributed by atoms with Crippen molar-refractivity contribution in [3.05, 3.63) is 79.1 Å². The number of halogens is 1. The number of nitrogens with zero attached hydrogens (tertiary/aromatic N) is 1. The summed E-state index contributed by atoms with van der Waals surface area (Å²) in [6.07, 6.45) is 3.52. The third kappa shape index (κ3) is 5.45. The minimum absolute atomic E-state index is 0. The molecule has 28 heavy (non-hydrogen) atoms. The number of aromatic nitrogens is 1. The normalized spacial score (nSPS) is 10.6. The molecule has 1 aromatic heterocycles. The first-order valence-electron chi connectivity index (χ1n) is 8.09. The summed E-state index contributed by atoms with van der Waals surface area (Å²) in [6.45, 7) is 0.115. The van der Waals surface area contributed by atoms with Gasteiger partial charge >= 0.3 is 0 Å². The van der Waals surface area contributed by atoms with Crippen LogP contribution in [0.2, 0.25) is 0 Å². The Morgan fingerprint density at radius 1 is 0.964 bits per heavy atom. The largest absolute Gasteiger partial charge is 1.00 e. The van der Waals surface area contributed by atoms with Gasteiger partial charge in [0.05, 0.1) is 10.6 Å². The average Bonchev–Trinajstić information content (AvgIpc) is 2.65. The molecule has 1 heterocycles. The second kappa shape index (κ2) is 9.20. The summed E-state index contributed by atoms with van der Waals surface area (Å²) < 4.78 is 28.7. The zero-order chi connectivity index (χ0) is 19.3. The lowest BCUT2D eigenvalue weighted by Gasteiger charge is -2.11. The molecule has 0 saturated carbocycles. The number of hydrogen-bond donors (Lipinski definition) is 3. The predicted molar refractivity (Wildman–Crippen MR) is 101 cm³/mol. The Kier molecular flexibility index (Phi) is 6.97. The Labute approximate surface area is 169 Å². The van der Waals surface area contributed by atoms with Crippen LogP contribution in [0.15, 0.2) is 84.0 Å². The molecule has 0 spiro atoms. The molecule has 2 aromatic carbocycles. The maximum Gasteiger partial charge on any atom is 0.290 e. The smallest absolute Gasteiger partial charge is 0.290 e. The Balaban J connectivity index is 0.00000280. The quantitative estimate of drug-likeness (QED) is 0.357. The van der Waals surface area contributed by atoms with E-state index in [1.54, 1.807) is 35.2 Å². The predicted octanol–water partition coefficient (Wildman–Crippen LogP) is -0.877. The molecule has 0 bridgehead atoms. The van der Waals surface area contributed by atoms with E-state index in [-0.39, 0.29) is 41.2 Å². The van der Waals surface area contributed by atoms with Crippen molar-refractivity contribution in [2.45, 2.75) is 11.4 Å². The average molecular weight is 420 g/mol. The van der Waals surface area contributed by atoms with Crippen molar-refractivity contribution in [1.82, 2.24) is 0 Å². The molecule has 3 rings (SSSR count). The third-order valence-corrected chi connectivity index (χ3v) is 5.06. The summed E-state index contributed by atoms with van der Waals surface area (Å²) >= 11 is 0. The van der Waals surface area contributed by atoms with E-state index in [0.717, 1.165) is 0 Å². The Morgan fingerprint density at radius 2 is 1.61 bits per heavy atom. The van der Waals surface area contributed by atoms with Gasteiger partial charge in [0.15, 0.2) is 12.4 Å². The van der Waals surface area contributed by atoms with Crippen LogP contribution in [0.4, 0.5) is 11.4 Å². The second-order valence-corrected chi connectivity index (χ2v) is 7.43. The van der Waals surface area contributed by atoms with Crippen molar-refractivity contribution >= 4 is 27.3 Å². The topological polar surface area (TPSA) is 99.4 Å². The second-order valence-electron chi connectivity index (χ2n) is 5.75. The van der Waals surface area contributed by atoms with E-state index in [2.05, 4.69) is 10.0 Å². The lowest BCUT2D eigenvalue weighted by molar-refractivity contribution is -0.684. The van der Waals surface area contributed by atoms with Crippen LogP contribution in [0.3, 0.4) is 0 Å². The summed E-state index contributed by atoms with van der Waals surface area (Å²) in [5.74, 6) is -0.567. The van der Waals surface area contributed by atoms with E-state index >= 15 is 0 Å². The molecule has 0 atom stereocenters. The van der Waals surface area contributed by atoms with Gasteiger partial charge in [-0.1, -0.05) is 24.3 Å². The minimum atomic E-state index is -3.81. The Bertz CT molecular complexity index is 1050. The number of carbonyl (C=O) groups excluding carboxylic acids is 1. The minimum Gasteiger partial charge on any atom is -1.00 e. The lowest BCUT2D eigenvalue weighted by Crippen LogP contribution is -3.00. The number of aromatic hydroxyl groups is 1. The summed E-state index contributed by atoms with van der Waals surface area (Å²) in [5, 5.41) is 12.8. The molecule has 9 heteroatoms. The van der Waals surface area contributed by atoms with Gasteiger partial charge in [0.1, 0.15) is 5.75 Å². The van der Waals surface area contributed by atoms with E-state index in [4.69, 9.17) is 0 Å². The molecule has 3 N–H and O–H groups in total. The number of phenols is 1. The molecule has 0 aliphatic heterocycles. The highest BCUT2D eigenvalue weighted by Crippen LogP contribution is 2.28. The van der Waals surface area contributed by atoms with Crippen molar-refractivity contribution in [2.75, 3.05) is 10.0 Å². The molecule has 3 aromatic rings. The number of benzene rings is 2. The number of sulfonamides is 1. The van der Waals surface area contributed by atoms with Crippen molar-refractivity contribution in [3.8, 4) is 5.75 Å². The van der Waals surface area contributed by atoms with Crippen LogP contribution in [0.5, 0.6) is 5.75 Å². The summed E-state index contributed by atoms with van der Waals surface area (Å²) in [5.41, 5.74) is 0.381. The van der Waals surface area contributed by atoms with Gasteiger partial charge in [-0.15, -0.1) is 0 Å². The Hall–Kier alpha value is -3.10. The van der Waals surface area contributed by atoms with Crippen molar-refractivity contribution in [1.29, 1.82) is 0 Å². The summed E-state index contributed by atoms with van der Waals surface area (Å²) in [6, 6.07) is 17.5. The van der Waals surface area contributed by atoms with Gasteiger partial charge in [-0.3, -0.25) is 9.52 Å². The monoisotopic (exact) mass is 419 g/mol. The highest BCUT2D eigenvalue weighted by atomic mass is 35.5. The lowest BCUT2D eigenvalue weighted by atomic mass is 10.2. The Morgan fingerprint density at radius 3 is 2.25 bits per heavy atom. The fourth-order valence-corrected chi connectivity index (χ4v) is 3.50. The van der Waals surface area contributed by atoms with E-state index in [0.29, 0.717) is 5.69 Å². The molecule has 7 nitrogen and oxygen atoms in total. The van der Waals surface area contributed by atoms with Crippen molar-refractivity contribution < 1.29 is 35.3 Å². The van der Waals surface area contributed by atoms with Gasteiger partial charge in [0, 0.05) is 23.9 Å². The van der Waals surface area contributed by atoms with Crippen LogP contribution in [-0.2, 0) is 21.4 Å². The summed E-state index contributed by atoms with van der Waals surface area (Å²) in [7, 11) is -3.81. The van der Waals surface area contributed by atoms with Crippen LogP contribution in [-0.4, -0.2) is 19.4 Å². The van der Waals surface area contributed by atoms with Gasteiger partial charge in [0.2, 0.25) is 6.54 Å². The van der Waals surface area contributed by atoms with Crippen LogP contribution in [0.1, 0.15) is 0 Å². The molecule has 0 unspecified atom stereocenters. The highest BCUT2D eigenvalue weighted by molar-refractivity contribution is 7.92. The molecule has 0 aliphatic rings.